The second-order valence-electron chi connectivity index (χ2n) is 7.16. The number of hydrogen-bond acceptors (Lipinski definition) is 4. The zero-order chi connectivity index (χ0) is 17.6. The predicted octanol–water partition coefficient (Wildman–Crippen LogP) is 2.28. The molecule has 5 nitrogen and oxygen atoms in total. The first-order valence-corrected chi connectivity index (χ1v) is 9.57. The van der Waals surface area contributed by atoms with Crippen LogP contribution >= 0.6 is 0 Å². The minimum absolute atomic E-state index is 0.0254. The van der Waals surface area contributed by atoms with Gasteiger partial charge in [0.05, 0.1) is 6.10 Å². The van der Waals surface area contributed by atoms with E-state index in [1.165, 1.54) is 44.3 Å². The Kier molecular flexibility index (Phi) is 6.45. The Morgan fingerprint density at radius 2 is 1.80 bits per heavy atom. The molecule has 2 atom stereocenters. The summed E-state index contributed by atoms with van der Waals surface area (Å²) in [7, 11) is 0. The number of aliphatic hydroxyl groups is 1. The van der Waals surface area contributed by atoms with Crippen LogP contribution in [0.4, 0.5) is 0 Å². The number of ether oxygens (including phenoxy) is 1. The van der Waals surface area contributed by atoms with Crippen molar-refractivity contribution in [3.63, 3.8) is 0 Å². The van der Waals surface area contributed by atoms with Crippen molar-refractivity contribution in [2.45, 2.75) is 51.4 Å². The molecule has 3 rings (SSSR count). The summed E-state index contributed by atoms with van der Waals surface area (Å²) in [6, 6.07) is 7.95. The van der Waals surface area contributed by atoms with Crippen LogP contribution in [0.1, 0.15) is 48.5 Å². The molecule has 0 spiro atoms. The van der Waals surface area contributed by atoms with Gasteiger partial charge in [-0.15, -0.1) is 0 Å². The van der Waals surface area contributed by atoms with Crippen LogP contribution in [-0.4, -0.2) is 65.8 Å². The van der Waals surface area contributed by atoms with Crippen LogP contribution in [0.2, 0.25) is 0 Å². The second-order valence-corrected chi connectivity index (χ2v) is 7.16. The average molecular weight is 346 g/mol. The van der Waals surface area contributed by atoms with Gasteiger partial charge in [-0.2, -0.15) is 0 Å². The molecule has 0 bridgehead atoms. The van der Waals surface area contributed by atoms with Crippen LogP contribution < -0.4 is 0 Å². The third-order valence-corrected chi connectivity index (χ3v) is 5.21. The van der Waals surface area contributed by atoms with Gasteiger partial charge in [0.1, 0.15) is 6.10 Å². The zero-order valence-electron chi connectivity index (χ0n) is 15.2. The SMILES string of the molecule is CCO[C@H]1CN(C(=O)c2ccc(CN3CCCCCC3)cc2)C[C@@H]1O. The minimum Gasteiger partial charge on any atom is -0.388 e. The van der Waals surface area contributed by atoms with Crippen LogP contribution in [0.5, 0.6) is 0 Å². The van der Waals surface area contributed by atoms with E-state index in [1.807, 2.05) is 19.1 Å². The Balaban J connectivity index is 1.57. The van der Waals surface area contributed by atoms with Gasteiger partial charge < -0.3 is 14.7 Å². The van der Waals surface area contributed by atoms with Gasteiger partial charge in [-0.05, 0) is 50.6 Å². The number of β-amino-alcohol motifs (C(OH)–C–C–N with tert-alkyl or cyclic N) is 1. The molecule has 2 fully saturated rings. The van der Waals surface area contributed by atoms with Crippen LogP contribution in [0.15, 0.2) is 24.3 Å². The maximum atomic E-state index is 12.6. The number of likely N-dealkylation sites (tertiary alicyclic amines) is 2. The fourth-order valence-electron chi connectivity index (χ4n) is 3.79. The molecule has 1 amide bonds. The Morgan fingerprint density at radius 1 is 1.12 bits per heavy atom. The molecule has 5 heteroatoms. The lowest BCUT2D eigenvalue weighted by molar-refractivity contribution is -0.00237. The largest absolute Gasteiger partial charge is 0.388 e. The smallest absolute Gasteiger partial charge is 0.254 e. The van der Waals surface area contributed by atoms with E-state index in [-0.39, 0.29) is 12.0 Å². The molecule has 1 aromatic rings. The molecule has 2 saturated heterocycles. The number of benzene rings is 1. The number of aliphatic hydroxyl groups excluding tert-OH is 1. The minimum atomic E-state index is -0.591. The monoisotopic (exact) mass is 346 g/mol. The lowest BCUT2D eigenvalue weighted by atomic mass is 10.1. The van der Waals surface area contributed by atoms with Gasteiger partial charge in [0.15, 0.2) is 0 Å². The predicted molar refractivity (Wildman–Crippen MR) is 97.5 cm³/mol. The number of hydrogen-bond donors (Lipinski definition) is 1. The van der Waals surface area contributed by atoms with Gasteiger partial charge in [-0.1, -0.05) is 25.0 Å². The van der Waals surface area contributed by atoms with Gasteiger partial charge in [0, 0.05) is 31.8 Å². The summed E-state index contributed by atoms with van der Waals surface area (Å²) in [6.07, 6.45) is 4.40. The number of amides is 1. The van der Waals surface area contributed by atoms with E-state index in [2.05, 4.69) is 17.0 Å². The van der Waals surface area contributed by atoms with Crippen molar-refractivity contribution in [3.8, 4) is 0 Å². The van der Waals surface area contributed by atoms with Crippen molar-refractivity contribution in [2.24, 2.45) is 0 Å². The van der Waals surface area contributed by atoms with Gasteiger partial charge in [-0.25, -0.2) is 0 Å². The second kappa shape index (κ2) is 8.79. The molecule has 0 radical (unpaired) electrons. The van der Waals surface area contributed by atoms with E-state index >= 15 is 0 Å². The number of rotatable bonds is 5. The van der Waals surface area contributed by atoms with Crippen molar-refractivity contribution in [2.75, 3.05) is 32.8 Å². The summed E-state index contributed by atoms with van der Waals surface area (Å²) in [6.45, 7) is 6.57. The average Bonchev–Trinajstić information content (AvgIpc) is 2.82. The summed E-state index contributed by atoms with van der Waals surface area (Å²) in [5, 5.41) is 10.0. The summed E-state index contributed by atoms with van der Waals surface area (Å²) in [5.74, 6) is -0.0254. The van der Waals surface area contributed by atoms with Gasteiger partial charge in [-0.3, -0.25) is 9.69 Å². The third kappa shape index (κ3) is 4.81. The molecule has 2 aliphatic heterocycles. The molecule has 1 N–H and O–H groups in total. The fourth-order valence-corrected chi connectivity index (χ4v) is 3.79. The summed E-state index contributed by atoms with van der Waals surface area (Å²) in [5.41, 5.74) is 1.94. The van der Waals surface area contributed by atoms with Gasteiger partial charge in [0.2, 0.25) is 0 Å². The van der Waals surface area contributed by atoms with Crippen molar-refractivity contribution >= 4 is 5.91 Å². The van der Waals surface area contributed by atoms with Crippen molar-refractivity contribution in [1.82, 2.24) is 9.80 Å². The molecule has 25 heavy (non-hydrogen) atoms. The van der Waals surface area contributed by atoms with Gasteiger partial charge in [0.25, 0.3) is 5.91 Å². The highest BCUT2D eigenvalue weighted by molar-refractivity contribution is 5.94. The summed E-state index contributed by atoms with van der Waals surface area (Å²) >= 11 is 0. The number of carbonyl (C=O) groups excluding carboxylic acids is 1. The van der Waals surface area contributed by atoms with Crippen LogP contribution in [0.3, 0.4) is 0 Å². The highest BCUT2D eigenvalue weighted by atomic mass is 16.5. The molecule has 138 valence electrons. The van der Waals surface area contributed by atoms with Crippen molar-refractivity contribution < 1.29 is 14.6 Å². The summed E-state index contributed by atoms with van der Waals surface area (Å²) in [4.78, 5) is 16.8. The quantitative estimate of drug-likeness (QED) is 0.889. The molecule has 2 heterocycles. The molecule has 0 aromatic heterocycles. The first-order chi connectivity index (χ1) is 12.2. The lowest BCUT2D eigenvalue weighted by Gasteiger charge is -2.20. The molecule has 1 aromatic carbocycles. The highest BCUT2D eigenvalue weighted by Gasteiger charge is 2.34. The molecular formula is C20H30N2O3. The highest BCUT2D eigenvalue weighted by Crippen LogP contribution is 2.18. The van der Waals surface area contributed by atoms with Crippen LogP contribution in [-0.2, 0) is 11.3 Å². The Labute approximate surface area is 150 Å². The van der Waals surface area contributed by atoms with Gasteiger partial charge >= 0.3 is 0 Å². The van der Waals surface area contributed by atoms with E-state index in [1.54, 1.807) is 4.90 Å². The Morgan fingerprint density at radius 3 is 2.44 bits per heavy atom. The Bertz CT molecular complexity index is 553. The van der Waals surface area contributed by atoms with Crippen molar-refractivity contribution in [3.05, 3.63) is 35.4 Å². The first-order valence-electron chi connectivity index (χ1n) is 9.57. The molecule has 0 saturated carbocycles. The molecular weight excluding hydrogens is 316 g/mol. The van der Waals surface area contributed by atoms with E-state index in [0.717, 1.165) is 6.54 Å². The fraction of sp³-hybridized carbons (Fsp3) is 0.650. The van der Waals surface area contributed by atoms with Crippen LogP contribution in [0.25, 0.3) is 0 Å². The van der Waals surface area contributed by atoms with E-state index in [4.69, 9.17) is 4.74 Å². The summed E-state index contributed by atoms with van der Waals surface area (Å²) < 4.78 is 5.50. The Hall–Kier alpha value is -1.43. The maximum absolute atomic E-state index is 12.6. The molecule has 0 aliphatic carbocycles. The molecule has 2 aliphatic rings. The van der Waals surface area contributed by atoms with Crippen LogP contribution in [0, 0.1) is 0 Å². The normalized spacial score (nSPS) is 25.1. The third-order valence-electron chi connectivity index (χ3n) is 5.21. The van der Waals surface area contributed by atoms with E-state index < -0.39 is 6.10 Å². The first kappa shape index (κ1) is 18.4. The topological polar surface area (TPSA) is 53.0 Å². The standard InChI is InChI=1S/C20H30N2O3/c1-2-25-19-15-22(14-18(19)23)20(24)17-9-7-16(8-10-17)13-21-11-5-3-4-6-12-21/h7-10,18-19,23H,2-6,11-15H2,1H3/t18-,19-/m0/s1. The lowest BCUT2D eigenvalue weighted by Crippen LogP contribution is -2.30. The van der Waals surface area contributed by atoms with E-state index in [0.29, 0.717) is 25.3 Å². The number of carbonyl (C=O) groups is 1. The number of nitrogens with zero attached hydrogens (tertiary/aromatic N) is 2. The maximum Gasteiger partial charge on any atom is 0.254 e. The molecule has 0 unspecified atom stereocenters. The van der Waals surface area contributed by atoms with Crippen molar-refractivity contribution in [1.29, 1.82) is 0 Å². The zero-order valence-corrected chi connectivity index (χ0v) is 15.2. The van der Waals surface area contributed by atoms with E-state index in [9.17, 15) is 9.90 Å².